The Bertz CT molecular complexity index is 715. The van der Waals surface area contributed by atoms with Gasteiger partial charge in [-0.1, -0.05) is 42.5 Å². The number of para-hydroxylation sites is 1. The van der Waals surface area contributed by atoms with E-state index in [0.717, 1.165) is 11.1 Å². The van der Waals surface area contributed by atoms with Crippen molar-refractivity contribution < 1.29 is 22.7 Å². The molecule has 7 heteroatoms. The van der Waals surface area contributed by atoms with E-state index in [1.807, 2.05) is 18.2 Å². The average Bonchev–Trinajstić information content (AvgIpc) is 2.59. The van der Waals surface area contributed by atoms with Crippen molar-refractivity contribution in [2.75, 3.05) is 12.3 Å². The van der Waals surface area contributed by atoms with Gasteiger partial charge < -0.3 is 15.8 Å². The van der Waals surface area contributed by atoms with Gasteiger partial charge in [0.15, 0.2) is 0 Å². The molecule has 0 aromatic heterocycles. The number of nitrogens with two attached hydrogens (primary N) is 1. The number of alkyl halides is 3. The van der Waals surface area contributed by atoms with Gasteiger partial charge in [0.2, 0.25) is 5.91 Å². The van der Waals surface area contributed by atoms with Gasteiger partial charge in [0.1, 0.15) is 6.61 Å². The van der Waals surface area contributed by atoms with Gasteiger partial charge in [0.05, 0.1) is 6.61 Å². The van der Waals surface area contributed by atoms with E-state index in [4.69, 9.17) is 5.73 Å². The molecule has 26 heavy (non-hydrogen) atoms. The van der Waals surface area contributed by atoms with Crippen LogP contribution in [0.15, 0.2) is 48.5 Å². The Balaban J connectivity index is 1.72. The van der Waals surface area contributed by atoms with Crippen LogP contribution >= 0.6 is 0 Å². The first-order chi connectivity index (χ1) is 12.3. The molecule has 0 radical (unpaired) electrons. The lowest BCUT2D eigenvalue weighted by Crippen LogP contribution is -2.23. The molecule has 0 unspecified atom stereocenters. The summed E-state index contributed by atoms with van der Waals surface area (Å²) in [4.78, 5) is 11.9. The van der Waals surface area contributed by atoms with Crippen LogP contribution in [-0.4, -0.2) is 18.7 Å². The minimum Gasteiger partial charge on any atom is -0.399 e. The van der Waals surface area contributed by atoms with Crippen LogP contribution in [0, 0.1) is 0 Å². The van der Waals surface area contributed by atoms with E-state index in [0.29, 0.717) is 30.6 Å². The van der Waals surface area contributed by atoms with Crippen molar-refractivity contribution in [3.8, 4) is 0 Å². The molecular weight excluding hydrogens is 345 g/mol. The van der Waals surface area contributed by atoms with Crippen molar-refractivity contribution >= 4 is 11.6 Å². The Morgan fingerprint density at radius 2 is 1.69 bits per heavy atom. The van der Waals surface area contributed by atoms with Gasteiger partial charge in [-0.2, -0.15) is 13.2 Å². The predicted octanol–water partition coefficient (Wildman–Crippen LogP) is 3.60. The molecule has 0 atom stereocenters. The van der Waals surface area contributed by atoms with E-state index in [1.165, 1.54) is 0 Å². The summed E-state index contributed by atoms with van der Waals surface area (Å²) < 4.78 is 40.7. The Kier molecular flexibility index (Phi) is 7.03. The zero-order valence-electron chi connectivity index (χ0n) is 14.2. The summed E-state index contributed by atoms with van der Waals surface area (Å²) in [7, 11) is 0. The van der Waals surface area contributed by atoms with Crippen LogP contribution in [0.3, 0.4) is 0 Å². The van der Waals surface area contributed by atoms with Crippen molar-refractivity contribution in [3.63, 3.8) is 0 Å². The Morgan fingerprint density at radius 3 is 2.35 bits per heavy atom. The van der Waals surface area contributed by atoms with Crippen LogP contribution in [0.2, 0.25) is 0 Å². The van der Waals surface area contributed by atoms with E-state index in [2.05, 4.69) is 10.1 Å². The second kappa shape index (κ2) is 9.24. The predicted molar refractivity (Wildman–Crippen MR) is 93.2 cm³/mol. The largest absolute Gasteiger partial charge is 0.411 e. The number of carbonyl (C=O) groups is 1. The maximum Gasteiger partial charge on any atom is 0.411 e. The van der Waals surface area contributed by atoms with Gasteiger partial charge in [-0.05, 0) is 29.2 Å². The monoisotopic (exact) mass is 366 g/mol. The van der Waals surface area contributed by atoms with E-state index >= 15 is 0 Å². The normalized spacial score (nSPS) is 11.3. The summed E-state index contributed by atoms with van der Waals surface area (Å²) in [6.45, 7) is -1.02. The number of carbonyl (C=O) groups excluding carboxylic acids is 1. The highest BCUT2D eigenvalue weighted by molar-refractivity contribution is 5.76. The number of rotatable bonds is 8. The molecule has 2 aromatic rings. The fraction of sp³-hybridized carbons (Fsp3) is 0.316. The van der Waals surface area contributed by atoms with Gasteiger partial charge >= 0.3 is 6.18 Å². The third kappa shape index (κ3) is 7.14. The lowest BCUT2D eigenvalue weighted by molar-refractivity contribution is -0.176. The number of benzene rings is 2. The van der Waals surface area contributed by atoms with Gasteiger partial charge in [0.25, 0.3) is 0 Å². The van der Waals surface area contributed by atoms with Crippen molar-refractivity contribution in [1.82, 2.24) is 5.32 Å². The molecule has 0 heterocycles. The van der Waals surface area contributed by atoms with E-state index in [9.17, 15) is 18.0 Å². The zero-order valence-corrected chi connectivity index (χ0v) is 14.2. The van der Waals surface area contributed by atoms with Crippen LogP contribution in [0.1, 0.15) is 23.1 Å². The van der Waals surface area contributed by atoms with Crippen molar-refractivity contribution in [3.05, 3.63) is 65.2 Å². The van der Waals surface area contributed by atoms with Gasteiger partial charge in [-0.15, -0.1) is 0 Å². The Hall–Kier alpha value is -2.54. The number of halogens is 3. The first-order valence-electron chi connectivity index (χ1n) is 8.16. The second-order valence-corrected chi connectivity index (χ2v) is 5.90. The summed E-state index contributed by atoms with van der Waals surface area (Å²) in [5.41, 5.74) is 8.95. The molecule has 2 rings (SSSR count). The van der Waals surface area contributed by atoms with Crippen LogP contribution < -0.4 is 11.1 Å². The van der Waals surface area contributed by atoms with E-state index < -0.39 is 12.8 Å². The van der Waals surface area contributed by atoms with Crippen molar-refractivity contribution in [2.24, 2.45) is 0 Å². The molecule has 140 valence electrons. The third-order valence-electron chi connectivity index (χ3n) is 3.72. The highest BCUT2D eigenvalue weighted by Gasteiger charge is 2.27. The molecular formula is C19H21F3N2O2. The average molecular weight is 366 g/mol. The Morgan fingerprint density at radius 1 is 1.04 bits per heavy atom. The molecule has 0 fully saturated rings. The van der Waals surface area contributed by atoms with Crippen molar-refractivity contribution in [2.45, 2.75) is 32.2 Å². The molecule has 2 aromatic carbocycles. The summed E-state index contributed by atoms with van der Waals surface area (Å²) in [5, 5.41) is 2.81. The molecule has 0 saturated heterocycles. The topological polar surface area (TPSA) is 64.4 Å². The molecule has 0 aliphatic heterocycles. The van der Waals surface area contributed by atoms with Gasteiger partial charge in [0, 0.05) is 18.7 Å². The summed E-state index contributed by atoms with van der Waals surface area (Å²) >= 11 is 0. The van der Waals surface area contributed by atoms with Gasteiger partial charge in [-0.25, -0.2) is 0 Å². The molecule has 1 amide bonds. The zero-order chi connectivity index (χ0) is 19.0. The molecule has 0 aliphatic carbocycles. The number of hydrogen-bond donors (Lipinski definition) is 2. The minimum absolute atomic E-state index is 0.0918. The molecule has 0 saturated carbocycles. The maximum absolute atomic E-state index is 12.0. The minimum atomic E-state index is -4.32. The number of amides is 1. The first-order valence-corrected chi connectivity index (χ1v) is 8.16. The molecule has 0 aliphatic rings. The summed E-state index contributed by atoms with van der Waals surface area (Å²) in [6, 6.07) is 14.3. The second-order valence-electron chi connectivity index (χ2n) is 5.90. The standard InChI is InChI=1S/C19H21F3N2O2/c20-19(21,22)13-26-12-15-7-5-14(6-8-15)11-24-18(25)10-9-16-3-1-2-4-17(16)23/h1-8H,9-13,23H2,(H,24,25). The molecule has 3 N–H and O–H groups in total. The summed E-state index contributed by atoms with van der Waals surface area (Å²) in [5.74, 6) is -0.0918. The number of anilines is 1. The smallest absolute Gasteiger partial charge is 0.399 e. The van der Waals surface area contributed by atoms with Crippen LogP contribution in [0.5, 0.6) is 0 Å². The highest BCUT2D eigenvalue weighted by Crippen LogP contribution is 2.16. The van der Waals surface area contributed by atoms with E-state index in [1.54, 1.807) is 30.3 Å². The van der Waals surface area contributed by atoms with Crippen LogP contribution in [0.25, 0.3) is 0 Å². The first kappa shape index (κ1) is 19.8. The highest BCUT2D eigenvalue weighted by atomic mass is 19.4. The number of ether oxygens (including phenoxy) is 1. The number of nitrogens with one attached hydrogen (secondary N) is 1. The number of nitrogen functional groups attached to an aromatic ring is 1. The molecule has 0 spiro atoms. The maximum atomic E-state index is 12.0. The van der Waals surface area contributed by atoms with Gasteiger partial charge in [-0.3, -0.25) is 4.79 Å². The molecule has 0 bridgehead atoms. The lowest BCUT2D eigenvalue weighted by Gasteiger charge is -2.09. The fourth-order valence-electron chi connectivity index (χ4n) is 2.34. The fourth-order valence-corrected chi connectivity index (χ4v) is 2.34. The lowest BCUT2D eigenvalue weighted by atomic mass is 10.1. The summed E-state index contributed by atoms with van der Waals surface area (Å²) in [6.07, 6.45) is -3.43. The van der Waals surface area contributed by atoms with E-state index in [-0.39, 0.29) is 12.5 Å². The SMILES string of the molecule is Nc1ccccc1CCC(=O)NCc1ccc(COCC(F)(F)F)cc1. The van der Waals surface area contributed by atoms with Crippen LogP contribution in [-0.2, 0) is 29.1 Å². The third-order valence-corrected chi connectivity index (χ3v) is 3.72. The number of aryl methyl sites for hydroxylation is 1. The Labute approximate surface area is 150 Å². The van der Waals surface area contributed by atoms with Crippen molar-refractivity contribution in [1.29, 1.82) is 0 Å². The number of hydrogen-bond acceptors (Lipinski definition) is 3. The quantitative estimate of drug-likeness (QED) is 0.702. The molecule has 4 nitrogen and oxygen atoms in total. The van der Waals surface area contributed by atoms with Crippen LogP contribution in [0.4, 0.5) is 18.9 Å².